The molecule has 2 heterocycles. The maximum atomic E-state index is 12.5. The fraction of sp³-hybridized carbons (Fsp3) is 0.438. The largest absolute Gasteiger partial charge is 0.351 e. The molecule has 2 aromatic heterocycles. The van der Waals surface area contributed by atoms with E-state index in [1.54, 1.807) is 0 Å². The van der Waals surface area contributed by atoms with Gasteiger partial charge in [0.2, 0.25) is 0 Å². The Hall–Kier alpha value is -2.23. The topological polar surface area (TPSA) is 102 Å². The van der Waals surface area contributed by atoms with E-state index in [9.17, 15) is 14.4 Å². The molecule has 0 aromatic carbocycles. The smallest absolute Gasteiger partial charge is 0.328 e. The van der Waals surface area contributed by atoms with Gasteiger partial charge in [-0.25, -0.2) is 4.79 Å². The van der Waals surface area contributed by atoms with E-state index in [2.05, 4.69) is 10.3 Å². The number of carbonyl (C=O) groups is 1. The Balaban J connectivity index is 2.14. The van der Waals surface area contributed by atoms with E-state index in [-0.39, 0.29) is 18.7 Å². The third-order valence-electron chi connectivity index (χ3n) is 3.33. The van der Waals surface area contributed by atoms with Gasteiger partial charge in [0.25, 0.3) is 11.5 Å². The molecule has 0 unspecified atom stereocenters. The van der Waals surface area contributed by atoms with Gasteiger partial charge in [0.1, 0.15) is 5.56 Å². The molecule has 9 heteroatoms. The number of hydrogen-bond donors (Lipinski definition) is 2. The molecule has 0 saturated heterocycles. The van der Waals surface area contributed by atoms with Crippen LogP contribution in [-0.4, -0.2) is 41.5 Å². The molecule has 0 saturated carbocycles. The summed E-state index contributed by atoms with van der Waals surface area (Å²) in [6.45, 7) is 4.73. The molecule has 0 bridgehead atoms. The Kier molecular flexibility index (Phi) is 7.11. The monoisotopic (exact) mass is 367 g/mol. The number of thiophene rings is 1. The van der Waals surface area contributed by atoms with Crippen molar-refractivity contribution < 1.29 is 14.3 Å². The first-order valence-corrected chi connectivity index (χ1v) is 8.81. The lowest BCUT2D eigenvalue weighted by atomic mass is 10.3. The average molecular weight is 367 g/mol. The molecule has 0 aliphatic heterocycles. The van der Waals surface area contributed by atoms with Crippen LogP contribution in [-0.2, 0) is 16.0 Å². The Morgan fingerprint density at radius 1 is 1.32 bits per heavy atom. The summed E-state index contributed by atoms with van der Waals surface area (Å²) in [7, 11) is 0. The van der Waals surface area contributed by atoms with Crippen molar-refractivity contribution in [3.63, 3.8) is 0 Å². The minimum atomic E-state index is -0.640. The second kappa shape index (κ2) is 9.30. The summed E-state index contributed by atoms with van der Waals surface area (Å²) in [6, 6.07) is 3.65. The van der Waals surface area contributed by atoms with Crippen molar-refractivity contribution in [2.75, 3.05) is 19.8 Å². The summed E-state index contributed by atoms with van der Waals surface area (Å²) in [5.74, 6) is -0.592. The van der Waals surface area contributed by atoms with Gasteiger partial charge in [-0.3, -0.25) is 14.2 Å². The number of nitrogens with one attached hydrogen (secondary N) is 2. The standard InChI is InChI=1S/C16H21N3O5S/c1-3-23-13(24-4-2)9-17-14(20)12-8-18-16(22)19(15(12)21)10-11-6-5-7-25-11/h5-8,13H,3-4,9-10H2,1-2H3,(H,17,20)(H,18,22). The first-order valence-electron chi connectivity index (χ1n) is 7.93. The van der Waals surface area contributed by atoms with Crippen molar-refractivity contribution in [2.45, 2.75) is 26.7 Å². The highest BCUT2D eigenvalue weighted by Gasteiger charge is 2.17. The molecule has 2 aromatic rings. The molecule has 0 aliphatic carbocycles. The van der Waals surface area contributed by atoms with Gasteiger partial charge in [-0.1, -0.05) is 6.07 Å². The lowest BCUT2D eigenvalue weighted by Crippen LogP contribution is -2.42. The number of amides is 1. The van der Waals surface area contributed by atoms with Crippen molar-refractivity contribution in [3.8, 4) is 0 Å². The van der Waals surface area contributed by atoms with E-state index in [0.29, 0.717) is 13.2 Å². The molecule has 1 amide bonds. The van der Waals surface area contributed by atoms with E-state index in [4.69, 9.17) is 9.47 Å². The number of aromatic amines is 1. The van der Waals surface area contributed by atoms with Gasteiger partial charge in [0, 0.05) is 24.3 Å². The lowest BCUT2D eigenvalue weighted by molar-refractivity contribution is -0.131. The van der Waals surface area contributed by atoms with Crippen LogP contribution in [0.25, 0.3) is 0 Å². The molecule has 8 nitrogen and oxygen atoms in total. The van der Waals surface area contributed by atoms with Crippen LogP contribution in [0.4, 0.5) is 0 Å². The molecule has 0 spiro atoms. The second-order valence-corrected chi connectivity index (χ2v) is 6.06. The van der Waals surface area contributed by atoms with Crippen molar-refractivity contribution >= 4 is 17.2 Å². The molecule has 0 atom stereocenters. The molecule has 25 heavy (non-hydrogen) atoms. The summed E-state index contributed by atoms with van der Waals surface area (Å²) in [5.41, 5.74) is -1.33. The highest BCUT2D eigenvalue weighted by atomic mass is 32.1. The minimum absolute atomic E-state index is 0.101. The quantitative estimate of drug-likeness (QED) is 0.638. The van der Waals surface area contributed by atoms with E-state index < -0.39 is 23.4 Å². The maximum absolute atomic E-state index is 12.5. The third-order valence-corrected chi connectivity index (χ3v) is 4.19. The maximum Gasteiger partial charge on any atom is 0.328 e. The molecule has 136 valence electrons. The van der Waals surface area contributed by atoms with Gasteiger partial charge in [-0.15, -0.1) is 11.3 Å². The van der Waals surface area contributed by atoms with Crippen LogP contribution in [0.1, 0.15) is 29.1 Å². The van der Waals surface area contributed by atoms with Gasteiger partial charge >= 0.3 is 5.69 Å². The van der Waals surface area contributed by atoms with E-state index in [0.717, 1.165) is 15.6 Å². The van der Waals surface area contributed by atoms with E-state index in [1.807, 2.05) is 31.4 Å². The predicted octanol–water partition coefficient (Wildman–Crippen LogP) is 0.775. The Morgan fingerprint density at radius 3 is 2.64 bits per heavy atom. The fourth-order valence-electron chi connectivity index (χ4n) is 2.18. The highest BCUT2D eigenvalue weighted by Crippen LogP contribution is 2.08. The number of nitrogens with zero attached hydrogens (tertiary/aromatic N) is 1. The predicted molar refractivity (Wildman–Crippen MR) is 94.1 cm³/mol. The Bertz CT molecular complexity index is 791. The second-order valence-electron chi connectivity index (χ2n) is 5.03. The minimum Gasteiger partial charge on any atom is -0.351 e. The summed E-state index contributed by atoms with van der Waals surface area (Å²) in [4.78, 5) is 40.0. The molecular weight excluding hydrogens is 346 g/mol. The third kappa shape index (κ3) is 5.12. The summed E-state index contributed by atoms with van der Waals surface area (Å²) >= 11 is 1.43. The fourth-order valence-corrected chi connectivity index (χ4v) is 2.88. The first-order chi connectivity index (χ1) is 12.1. The van der Waals surface area contributed by atoms with Crippen LogP contribution < -0.4 is 16.6 Å². The van der Waals surface area contributed by atoms with E-state index >= 15 is 0 Å². The summed E-state index contributed by atoms with van der Waals surface area (Å²) < 4.78 is 11.7. The summed E-state index contributed by atoms with van der Waals surface area (Å²) in [6.07, 6.45) is 0.538. The SMILES string of the molecule is CCOC(CNC(=O)c1c[nH]c(=O)n(Cc2cccs2)c1=O)OCC. The van der Waals surface area contributed by atoms with Crippen molar-refractivity contribution in [3.05, 3.63) is 55.0 Å². The van der Waals surface area contributed by atoms with Crippen LogP contribution >= 0.6 is 11.3 Å². The van der Waals surface area contributed by atoms with Gasteiger partial charge in [-0.05, 0) is 25.3 Å². The van der Waals surface area contributed by atoms with Gasteiger partial charge in [0.15, 0.2) is 6.29 Å². The lowest BCUT2D eigenvalue weighted by Gasteiger charge is -2.17. The zero-order chi connectivity index (χ0) is 18.2. The van der Waals surface area contributed by atoms with Gasteiger partial charge < -0.3 is 19.8 Å². The van der Waals surface area contributed by atoms with E-state index in [1.165, 1.54) is 11.3 Å². The zero-order valence-corrected chi connectivity index (χ0v) is 14.9. The number of hydrogen-bond acceptors (Lipinski definition) is 6. The van der Waals surface area contributed by atoms with Crippen molar-refractivity contribution in [2.24, 2.45) is 0 Å². The number of aromatic nitrogens is 2. The van der Waals surface area contributed by atoms with Gasteiger partial charge in [0.05, 0.1) is 13.1 Å². The molecule has 2 rings (SSSR count). The van der Waals surface area contributed by atoms with Crippen LogP contribution in [0.3, 0.4) is 0 Å². The van der Waals surface area contributed by atoms with Crippen LogP contribution in [0.2, 0.25) is 0 Å². The highest BCUT2D eigenvalue weighted by molar-refractivity contribution is 7.09. The van der Waals surface area contributed by atoms with Crippen LogP contribution in [0.15, 0.2) is 33.3 Å². The molecule has 0 radical (unpaired) electrons. The Morgan fingerprint density at radius 2 is 2.04 bits per heavy atom. The number of H-pyrrole nitrogens is 1. The molecule has 0 aliphatic rings. The molecule has 0 fully saturated rings. The average Bonchev–Trinajstić information content (AvgIpc) is 3.10. The van der Waals surface area contributed by atoms with Crippen molar-refractivity contribution in [1.29, 1.82) is 0 Å². The molecule has 2 N–H and O–H groups in total. The van der Waals surface area contributed by atoms with Crippen LogP contribution in [0.5, 0.6) is 0 Å². The number of rotatable bonds is 9. The first kappa shape index (κ1) is 19.1. The van der Waals surface area contributed by atoms with Crippen molar-refractivity contribution in [1.82, 2.24) is 14.9 Å². The Labute approximate surface area is 148 Å². The normalized spacial score (nSPS) is 11.0. The number of carbonyl (C=O) groups excluding carboxylic acids is 1. The molecular formula is C16H21N3O5S. The summed E-state index contributed by atoms with van der Waals surface area (Å²) in [5, 5.41) is 4.45. The van der Waals surface area contributed by atoms with Gasteiger partial charge in [-0.2, -0.15) is 0 Å². The number of ether oxygens (including phenoxy) is 2. The zero-order valence-electron chi connectivity index (χ0n) is 14.1. The van der Waals surface area contributed by atoms with Crippen LogP contribution in [0, 0.1) is 0 Å².